The van der Waals surface area contributed by atoms with E-state index >= 15 is 0 Å². The number of aromatic nitrogens is 2. The fraction of sp³-hybridized carbons (Fsp3) is 0.227. The van der Waals surface area contributed by atoms with E-state index in [0.717, 1.165) is 23.5 Å². The summed E-state index contributed by atoms with van der Waals surface area (Å²) in [6, 6.07) is 17.7. The number of anilines is 4. The van der Waals surface area contributed by atoms with Crippen LogP contribution in [0.4, 0.5) is 23.1 Å². The van der Waals surface area contributed by atoms with E-state index in [9.17, 15) is 4.79 Å². The van der Waals surface area contributed by atoms with E-state index in [1.807, 2.05) is 54.6 Å². The van der Waals surface area contributed by atoms with Gasteiger partial charge in [-0.2, -0.15) is 4.98 Å². The molecule has 7 heteroatoms. The number of benzene rings is 2. The highest BCUT2D eigenvalue weighted by Gasteiger charge is 2.12. The number of primary amides is 1. The van der Waals surface area contributed by atoms with Gasteiger partial charge in [0.05, 0.1) is 5.56 Å². The van der Waals surface area contributed by atoms with Crippen molar-refractivity contribution in [1.82, 2.24) is 9.97 Å². The number of carbonyl (C=O) groups excluding carboxylic acids is 1. The Bertz CT molecular complexity index is 959. The van der Waals surface area contributed by atoms with Gasteiger partial charge in [0.1, 0.15) is 5.82 Å². The molecule has 5 N–H and O–H groups in total. The van der Waals surface area contributed by atoms with Gasteiger partial charge in [-0.1, -0.05) is 50.2 Å². The Morgan fingerprint density at radius 2 is 1.79 bits per heavy atom. The number of hydrogen-bond acceptors (Lipinski definition) is 6. The molecule has 7 nitrogen and oxygen atoms in total. The number of nitrogens with zero attached hydrogens (tertiary/aromatic N) is 2. The fourth-order valence-corrected chi connectivity index (χ4v) is 2.70. The second-order valence-corrected chi connectivity index (χ2v) is 7.14. The topological polar surface area (TPSA) is 105 Å². The molecular formula is C22H26N6O. The van der Waals surface area contributed by atoms with E-state index in [1.54, 1.807) is 0 Å². The first-order chi connectivity index (χ1) is 14.0. The molecule has 1 heterocycles. The number of carbonyl (C=O) groups is 1. The first-order valence-electron chi connectivity index (χ1n) is 9.57. The Morgan fingerprint density at radius 1 is 1.03 bits per heavy atom. The second-order valence-electron chi connectivity index (χ2n) is 7.14. The number of rotatable bonds is 9. The Balaban J connectivity index is 1.76. The van der Waals surface area contributed by atoms with Gasteiger partial charge in [-0.3, -0.25) is 4.79 Å². The maximum absolute atomic E-state index is 11.7. The summed E-state index contributed by atoms with van der Waals surface area (Å²) in [6.07, 6.45) is 1.44. The van der Waals surface area contributed by atoms with Crippen molar-refractivity contribution >= 4 is 29.0 Å². The van der Waals surface area contributed by atoms with Crippen LogP contribution >= 0.6 is 0 Å². The summed E-state index contributed by atoms with van der Waals surface area (Å²) >= 11 is 0. The van der Waals surface area contributed by atoms with Crippen molar-refractivity contribution in [1.29, 1.82) is 0 Å². The summed E-state index contributed by atoms with van der Waals surface area (Å²) < 4.78 is 0. The number of nitrogens with one attached hydrogen (secondary N) is 3. The third-order valence-corrected chi connectivity index (χ3v) is 4.19. The normalized spacial score (nSPS) is 10.6. The molecule has 0 bridgehead atoms. The third-order valence-electron chi connectivity index (χ3n) is 4.19. The Kier molecular flexibility index (Phi) is 6.63. The molecule has 2 aromatic carbocycles. The summed E-state index contributed by atoms with van der Waals surface area (Å²) in [5, 5.41) is 9.75. The highest BCUT2D eigenvalue weighted by Crippen LogP contribution is 2.21. The van der Waals surface area contributed by atoms with Gasteiger partial charge in [0.15, 0.2) is 0 Å². The largest absolute Gasteiger partial charge is 0.385 e. The monoisotopic (exact) mass is 390 g/mol. The molecule has 0 unspecified atom stereocenters. The van der Waals surface area contributed by atoms with Crippen LogP contribution in [0.25, 0.3) is 0 Å². The second kappa shape index (κ2) is 9.54. The zero-order valence-corrected chi connectivity index (χ0v) is 16.6. The average Bonchev–Trinajstić information content (AvgIpc) is 2.72. The molecule has 150 valence electrons. The zero-order chi connectivity index (χ0) is 20.6. The minimum atomic E-state index is -0.577. The van der Waals surface area contributed by atoms with Crippen LogP contribution in [-0.4, -0.2) is 22.4 Å². The van der Waals surface area contributed by atoms with E-state index in [0.29, 0.717) is 24.2 Å². The summed E-state index contributed by atoms with van der Waals surface area (Å²) in [4.78, 5) is 20.4. The minimum Gasteiger partial charge on any atom is -0.385 e. The lowest BCUT2D eigenvalue weighted by atomic mass is 10.2. The Labute approximate surface area is 170 Å². The molecule has 0 aliphatic carbocycles. The lowest BCUT2D eigenvalue weighted by molar-refractivity contribution is 0.100. The summed E-state index contributed by atoms with van der Waals surface area (Å²) in [5.41, 5.74) is 8.66. The summed E-state index contributed by atoms with van der Waals surface area (Å²) in [7, 11) is 0. The third kappa shape index (κ3) is 5.93. The van der Waals surface area contributed by atoms with Crippen LogP contribution in [0.3, 0.4) is 0 Å². The van der Waals surface area contributed by atoms with E-state index in [4.69, 9.17) is 5.73 Å². The van der Waals surface area contributed by atoms with Crippen molar-refractivity contribution in [3.63, 3.8) is 0 Å². The predicted molar refractivity (Wildman–Crippen MR) is 117 cm³/mol. The van der Waals surface area contributed by atoms with Crippen molar-refractivity contribution in [2.24, 2.45) is 11.7 Å². The van der Waals surface area contributed by atoms with Crippen LogP contribution in [0.1, 0.15) is 29.8 Å². The van der Waals surface area contributed by atoms with Gasteiger partial charge in [0, 0.05) is 30.7 Å². The fourth-order valence-electron chi connectivity index (χ4n) is 2.70. The lowest BCUT2D eigenvalue weighted by Crippen LogP contribution is -2.17. The van der Waals surface area contributed by atoms with Gasteiger partial charge in [0.25, 0.3) is 5.91 Å². The van der Waals surface area contributed by atoms with Gasteiger partial charge in [0.2, 0.25) is 5.95 Å². The smallest absolute Gasteiger partial charge is 0.254 e. The summed E-state index contributed by atoms with van der Waals surface area (Å²) in [5.74, 6) is 0.751. The molecule has 0 atom stereocenters. The van der Waals surface area contributed by atoms with Crippen molar-refractivity contribution in [2.45, 2.75) is 20.4 Å². The van der Waals surface area contributed by atoms with Crippen molar-refractivity contribution in [2.75, 3.05) is 22.5 Å². The maximum Gasteiger partial charge on any atom is 0.254 e. The number of amides is 1. The highest BCUT2D eigenvalue weighted by atomic mass is 16.1. The Morgan fingerprint density at radius 3 is 2.52 bits per heavy atom. The molecule has 0 saturated heterocycles. The van der Waals surface area contributed by atoms with Crippen LogP contribution in [0.5, 0.6) is 0 Å². The average molecular weight is 390 g/mol. The van der Waals surface area contributed by atoms with E-state index in [-0.39, 0.29) is 5.56 Å². The molecule has 0 radical (unpaired) electrons. The minimum absolute atomic E-state index is 0.249. The maximum atomic E-state index is 11.7. The van der Waals surface area contributed by atoms with Gasteiger partial charge < -0.3 is 21.7 Å². The molecular weight excluding hydrogens is 364 g/mol. The van der Waals surface area contributed by atoms with Crippen molar-refractivity contribution in [3.8, 4) is 0 Å². The van der Waals surface area contributed by atoms with Crippen LogP contribution in [0, 0.1) is 5.92 Å². The van der Waals surface area contributed by atoms with Crippen LogP contribution in [-0.2, 0) is 6.54 Å². The standard InChI is InChI=1S/C22H26N6O/c1-15(2)12-24-17-9-6-10-18(11-17)27-22-26-14-19(20(23)29)21(28-22)25-13-16-7-4-3-5-8-16/h3-11,14-15,24H,12-13H2,1-2H3,(H2,23,29)(H2,25,26,27,28). The number of hydrogen-bond donors (Lipinski definition) is 4. The quantitative estimate of drug-likeness (QED) is 0.440. The molecule has 0 fully saturated rings. The summed E-state index contributed by atoms with van der Waals surface area (Å²) in [6.45, 7) is 5.73. The molecule has 0 aliphatic heterocycles. The highest BCUT2D eigenvalue weighted by molar-refractivity contribution is 5.97. The number of nitrogens with two attached hydrogens (primary N) is 1. The SMILES string of the molecule is CC(C)CNc1cccc(Nc2ncc(C(N)=O)c(NCc3ccccc3)n2)c1. The zero-order valence-electron chi connectivity index (χ0n) is 16.6. The predicted octanol–water partition coefficient (Wildman–Crippen LogP) is 4.00. The van der Waals surface area contributed by atoms with Gasteiger partial charge >= 0.3 is 0 Å². The van der Waals surface area contributed by atoms with E-state index in [1.165, 1.54) is 6.20 Å². The molecule has 0 saturated carbocycles. The lowest BCUT2D eigenvalue weighted by Gasteiger charge is -2.13. The van der Waals surface area contributed by atoms with Gasteiger partial charge in [-0.05, 0) is 29.7 Å². The Hall–Kier alpha value is -3.61. The molecule has 3 aromatic rings. The van der Waals surface area contributed by atoms with Crippen molar-refractivity contribution < 1.29 is 4.79 Å². The molecule has 3 rings (SSSR count). The van der Waals surface area contributed by atoms with Crippen LogP contribution in [0.2, 0.25) is 0 Å². The van der Waals surface area contributed by atoms with E-state index in [2.05, 4.69) is 39.8 Å². The van der Waals surface area contributed by atoms with Crippen molar-refractivity contribution in [3.05, 3.63) is 71.9 Å². The molecule has 1 amide bonds. The molecule has 0 aliphatic rings. The van der Waals surface area contributed by atoms with Gasteiger partial charge in [-0.25, -0.2) is 4.98 Å². The van der Waals surface area contributed by atoms with E-state index < -0.39 is 5.91 Å². The molecule has 29 heavy (non-hydrogen) atoms. The van der Waals surface area contributed by atoms with Crippen LogP contribution < -0.4 is 21.7 Å². The molecule has 0 spiro atoms. The van der Waals surface area contributed by atoms with Crippen LogP contribution in [0.15, 0.2) is 60.8 Å². The first-order valence-corrected chi connectivity index (χ1v) is 9.57. The van der Waals surface area contributed by atoms with Gasteiger partial charge in [-0.15, -0.1) is 0 Å². The molecule has 1 aromatic heterocycles. The first kappa shape index (κ1) is 20.1.